The molecule has 1 amide bonds. The average molecular weight is 244 g/mol. The summed E-state index contributed by atoms with van der Waals surface area (Å²) in [5.41, 5.74) is 7.25. The molecule has 2 N–H and O–H groups in total. The molecule has 1 fully saturated rings. The van der Waals surface area contributed by atoms with Crippen LogP contribution in [-0.4, -0.2) is 29.4 Å². The van der Waals surface area contributed by atoms with Gasteiger partial charge in [-0.05, 0) is 12.5 Å². The maximum absolute atomic E-state index is 12.3. The number of furan rings is 1. The molecule has 0 unspecified atom stereocenters. The molecule has 0 radical (unpaired) electrons. The molecule has 0 aliphatic carbocycles. The Hall–Kier alpha value is -1.81. The van der Waals surface area contributed by atoms with E-state index < -0.39 is 0 Å². The number of hydrogen-bond donors (Lipinski definition) is 1. The second-order valence-corrected chi connectivity index (χ2v) is 5.02. The van der Waals surface area contributed by atoms with Crippen molar-refractivity contribution in [3.05, 3.63) is 36.1 Å². The number of carbonyl (C=O) groups is 1. The van der Waals surface area contributed by atoms with Crippen molar-refractivity contribution in [3.63, 3.8) is 0 Å². The van der Waals surface area contributed by atoms with E-state index in [1.807, 2.05) is 24.3 Å². The number of nitrogens with two attached hydrogens (primary N) is 1. The molecule has 3 rings (SSSR count). The lowest BCUT2D eigenvalue weighted by atomic mass is 9.88. The number of nitrogens with zero attached hydrogens (tertiary/aromatic N) is 1. The largest absolute Gasteiger partial charge is 0.463 e. The standard InChI is InChI=1S/C14H16N2O2/c1-2-14(15)8-16(9-14)13(17)11-7-18-12-6-4-3-5-10(11)12/h3-7H,2,8-9,15H2,1H3. The van der Waals surface area contributed by atoms with Gasteiger partial charge in [-0.1, -0.05) is 25.1 Å². The number of fused-ring (bicyclic) bond motifs is 1. The first kappa shape index (κ1) is 11.3. The SMILES string of the molecule is CCC1(N)CN(C(=O)c2coc3ccccc23)C1. The Kier molecular flexibility index (Phi) is 2.41. The van der Waals surface area contributed by atoms with Crippen LogP contribution in [0.1, 0.15) is 23.7 Å². The van der Waals surface area contributed by atoms with Crippen LogP contribution in [0.15, 0.2) is 34.9 Å². The third-order valence-electron chi connectivity index (χ3n) is 3.71. The van der Waals surface area contributed by atoms with Crippen LogP contribution in [0, 0.1) is 0 Å². The van der Waals surface area contributed by atoms with Gasteiger partial charge in [0.1, 0.15) is 11.8 Å². The van der Waals surface area contributed by atoms with E-state index in [0.29, 0.717) is 18.7 Å². The van der Waals surface area contributed by atoms with Crippen molar-refractivity contribution in [2.75, 3.05) is 13.1 Å². The second-order valence-electron chi connectivity index (χ2n) is 5.02. The normalized spacial score (nSPS) is 17.8. The molecule has 1 aliphatic heterocycles. The molecular weight excluding hydrogens is 228 g/mol. The smallest absolute Gasteiger partial charge is 0.257 e. The van der Waals surface area contributed by atoms with Crippen LogP contribution in [0.5, 0.6) is 0 Å². The summed E-state index contributed by atoms with van der Waals surface area (Å²) in [5, 5.41) is 0.869. The minimum atomic E-state index is -0.199. The monoisotopic (exact) mass is 244 g/mol. The number of likely N-dealkylation sites (tertiary alicyclic amines) is 1. The first-order chi connectivity index (χ1) is 8.63. The average Bonchev–Trinajstić information content (AvgIpc) is 2.78. The fraction of sp³-hybridized carbons (Fsp3) is 0.357. The van der Waals surface area contributed by atoms with Crippen LogP contribution in [0.3, 0.4) is 0 Å². The molecule has 18 heavy (non-hydrogen) atoms. The molecule has 1 aromatic carbocycles. The first-order valence-electron chi connectivity index (χ1n) is 6.17. The van der Waals surface area contributed by atoms with Crippen LogP contribution >= 0.6 is 0 Å². The highest BCUT2D eigenvalue weighted by Gasteiger charge is 2.41. The number of amides is 1. The lowest BCUT2D eigenvalue weighted by Crippen LogP contribution is -2.68. The Morgan fingerprint density at radius 1 is 1.44 bits per heavy atom. The Bertz CT molecular complexity index is 597. The summed E-state index contributed by atoms with van der Waals surface area (Å²) in [6.07, 6.45) is 2.43. The van der Waals surface area contributed by atoms with Crippen LogP contribution < -0.4 is 5.73 Å². The van der Waals surface area contributed by atoms with Crippen molar-refractivity contribution in [1.82, 2.24) is 4.90 Å². The van der Waals surface area contributed by atoms with Crippen LogP contribution in [0.25, 0.3) is 11.0 Å². The topological polar surface area (TPSA) is 59.5 Å². The molecule has 1 saturated heterocycles. The number of carbonyl (C=O) groups excluding carboxylic acids is 1. The molecule has 1 aliphatic rings. The predicted octanol–water partition coefficient (Wildman–Crippen LogP) is 2.00. The zero-order valence-corrected chi connectivity index (χ0v) is 10.3. The van der Waals surface area contributed by atoms with Crippen molar-refractivity contribution >= 4 is 16.9 Å². The third kappa shape index (κ3) is 1.61. The minimum Gasteiger partial charge on any atom is -0.463 e. The van der Waals surface area contributed by atoms with Gasteiger partial charge in [0.25, 0.3) is 5.91 Å². The number of benzene rings is 1. The van der Waals surface area contributed by atoms with Crippen LogP contribution in [0.4, 0.5) is 0 Å². The van der Waals surface area contributed by atoms with E-state index in [1.165, 1.54) is 6.26 Å². The fourth-order valence-corrected chi connectivity index (χ4v) is 2.39. The van der Waals surface area contributed by atoms with E-state index in [2.05, 4.69) is 6.92 Å². The Balaban J connectivity index is 1.86. The van der Waals surface area contributed by atoms with Gasteiger partial charge in [0.05, 0.1) is 11.1 Å². The van der Waals surface area contributed by atoms with E-state index in [0.717, 1.165) is 17.4 Å². The lowest BCUT2D eigenvalue weighted by molar-refractivity contribution is 0.0402. The van der Waals surface area contributed by atoms with Gasteiger partial charge in [0.15, 0.2) is 0 Å². The van der Waals surface area contributed by atoms with Gasteiger partial charge in [-0.25, -0.2) is 0 Å². The number of para-hydroxylation sites is 1. The van der Waals surface area contributed by atoms with E-state index >= 15 is 0 Å². The molecule has 94 valence electrons. The molecule has 2 aromatic rings. The maximum Gasteiger partial charge on any atom is 0.257 e. The quantitative estimate of drug-likeness (QED) is 0.879. The van der Waals surface area contributed by atoms with Gasteiger partial charge in [0, 0.05) is 18.5 Å². The zero-order chi connectivity index (χ0) is 12.8. The van der Waals surface area contributed by atoms with Crippen LogP contribution in [0.2, 0.25) is 0 Å². The summed E-state index contributed by atoms with van der Waals surface area (Å²) in [6.45, 7) is 3.30. The van der Waals surface area contributed by atoms with Gasteiger partial charge < -0.3 is 15.1 Å². The molecule has 0 atom stereocenters. The molecule has 0 saturated carbocycles. The molecule has 2 heterocycles. The fourth-order valence-electron chi connectivity index (χ4n) is 2.39. The Morgan fingerprint density at radius 2 is 2.17 bits per heavy atom. The van der Waals surface area contributed by atoms with E-state index in [-0.39, 0.29) is 11.4 Å². The minimum absolute atomic E-state index is 0.00877. The highest BCUT2D eigenvalue weighted by molar-refractivity contribution is 6.06. The van der Waals surface area contributed by atoms with Crippen molar-refractivity contribution in [1.29, 1.82) is 0 Å². The Labute approximate surface area is 105 Å². The number of rotatable bonds is 2. The highest BCUT2D eigenvalue weighted by Crippen LogP contribution is 2.27. The Morgan fingerprint density at radius 3 is 2.89 bits per heavy atom. The van der Waals surface area contributed by atoms with Gasteiger partial charge in [-0.3, -0.25) is 4.79 Å². The molecule has 4 nitrogen and oxygen atoms in total. The molecular formula is C14H16N2O2. The summed E-state index contributed by atoms with van der Waals surface area (Å²) in [4.78, 5) is 14.1. The maximum atomic E-state index is 12.3. The van der Waals surface area contributed by atoms with E-state index in [9.17, 15) is 4.79 Å². The molecule has 1 aromatic heterocycles. The van der Waals surface area contributed by atoms with Gasteiger partial charge in [0.2, 0.25) is 0 Å². The molecule has 0 spiro atoms. The van der Waals surface area contributed by atoms with Crippen molar-refractivity contribution in [2.45, 2.75) is 18.9 Å². The molecule has 4 heteroatoms. The van der Waals surface area contributed by atoms with Crippen LogP contribution in [-0.2, 0) is 0 Å². The summed E-state index contributed by atoms with van der Waals surface area (Å²) >= 11 is 0. The van der Waals surface area contributed by atoms with Gasteiger partial charge >= 0.3 is 0 Å². The highest BCUT2D eigenvalue weighted by atomic mass is 16.3. The first-order valence-corrected chi connectivity index (χ1v) is 6.17. The molecule has 0 bridgehead atoms. The third-order valence-corrected chi connectivity index (χ3v) is 3.71. The van der Waals surface area contributed by atoms with Crippen molar-refractivity contribution in [2.24, 2.45) is 5.73 Å². The van der Waals surface area contributed by atoms with Gasteiger partial charge in [-0.2, -0.15) is 0 Å². The summed E-state index contributed by atoms with van der Waals surface area (Å²) in [7, 11) is 0. The predicted molar refractivity (Wildman–Crippen MR) is 69.3 cm³/mol. The van der Waals surface area contributed by atoms with E-state index in [1.54, 1.807) is 4.90 Å². The lowest BCUT2D eigenvalue weighted by Gasteiger charge is -2.47. The van der Waals surface area contributed by atoms with E-state index in [4.69, 9.17) is 10.2 Å². The number of hydrogen-bond acceptors (Lipinski definition) is 3. The van der Waals surface area contributed by atoms with Gasteiger partial charge in [-0.15, -0.1) is 0 Å². The summed E-state index contributed by atoms with van der Waals surface area (Å²) in [6, 6.07) is 7.57. The summed E-state index contributed by atoms with van der Waals surface area (Å²) in [5.74, 6) is 0.00877. The summed E-state index contributed by atoms with van der Waals surface area (Å²) < 4.78 is 5.39. The van der Waals surface area contributed by atoms with Crippen molar-refractivity contribution in [3.8, 4) is 0 Å². The zero-order valence-electron chi connectivity index (χ0n) is 10.3. The van der Waals surface area contributed by atoms with Crippen molar-refractivity contribution < 1.29 is 9.21 Å². The second kappa shape index (κ2) is 3.85.